The van der Waals surface area contributed by atoms with E-state index in [1.54, 1.807) is 11.8 Å². The van der Waals surface area contributed by atoms with E-state index >= 15 is 0 Å². The molecule has 0 fully saturated rings. The van der Waals surface area contributed by atoms with Crippen molar-refractivity contribution in [1.82, 2.24) is 10.3 Å². The highest BCUT2D eigenvalue weighted by molar-refractivity contribution is 7.98. The van der Waals surface area contributed by atoms with Crippen LogP contribution in [0.2, 0.25) is 0 Å². The number of aromatic nitrogens is 1. The molecule has 0 aliphatic carbocycles. The number of thioether (sulfide) groups is 1. The topological polar surface area (TPSA) is 44.9 Å². The Morgan fingerprint density at radius 3 is 2.77 bits per heavy atom. The summed E-state index contributed by atoms with van der Waals surface area (Å²) in [6.45, 7) is 0.628. The maximum absolute atomic E-state index is 12.3. The lowest BCUT2D eigenvalue weighted by atomic mass is 10.1. The Morgan fingerprint density at radius 1 is 1.14 bits per heavy atom. The van der Waals surface area contributed by atoms with Crippen molar-refractivity contribution in [3.8, 4) is 0 Å². The summed E-state index contributed by atoms with van der Waals surface area (Å²) in [5.74, 6) is -0.00945. The van der Waals surface area contributed by atoms with Crippen LogP contribution in [0.15, 0.2) is 59.6 Å². The number of fused-ring (bicyclic) bond motifs is 1. The molecule has 0 atom stereocenters. The van der Waals surface area contributed by atoms with Crippen LogP contribution in [0.5, 0.6) is 0 Å². The zero-order valence-corrected chi connectivity index (χ0v) is 13.2. The van der Waals surface area contributed by atoms with Gasteiger partial charge in [-0.3, -0.25) is 4.79 Å². The fourth-order valence-electron chi connectivity index (χ4n) is 2.58. The molecule has 0 aliphatic heterocycles. The average Bonchev–Trinajstić information content (AvgIpc) is 2.98. The first-order valence-corrected chi connectivity index (χ1v) is 8.48. The van der Waals surface area contributed by atoms with Gasteiger partial charge >= 0.3 is 0 Å². The second-order valence-corrected chi connectivity index (χ2v) is 5.91. The van der Waals surface area contributed by atoms with Crippen LogP contribution in [0.1, 0.15) is 15.9 Å². The van der Waals surface area contributed by atoms with Gasteiger partial charge in [0.15, 0.2) is 0 Å². The number of hydrogen-bond acceptors (Lipinski definition) is 2. The third-order valence-corrected chi connectivity index (χ3v) is 4.50. The zero-order chi connectivity index (χ0) is 15.4. The lowest BCUT2D eigenvalue weighted by Gasteiger charge is -2.08. The van der Waals surface area contributed by atoms with Gasteiger partial charge in [-0.2, -0.15) is 0 Å². The Bertz CT molecular complexity index is 794. The van der Waals surface area contributed by atoms with Gasteiger partial charge in [-0.25, -0.2) is 0 Å². The smallest absolute Gasteiger partial charge is 0.252 e. The Balaban J connectivity index is 1.64. The van der Waals surface area contributed by atoms with Gasteiger partial charge in [0.25, 0.3) is 5.91 Å². The predicted octanol–water partition coefficient (Wildman–Crippen LogP) is 3.86. The summed E-state index contributed by atoms with van der Waals surface area (Å²) in [6, 6.07) is 15.9. The third-order valence-electron chi connectivity index (χ3n) is 3.71. The summed E-state index contributed by atoms with van der Waals surface area (Å²) >= 11 is 1.59. The van der Waals surface area contributed by atoms with Gasteiger partial charge in [0.1, 0.15) is 0 Å². The van der Waals surface area contributed by atoms with Gasteiger partial charge in [-0.05, 0) is 36.4 Å². The molecule has 3 aromatic rings. The summed E-state index contributed by atoms with van der Waals surface area (Å²) < 4.78 is 0. The van der Waals surface area contributed by atoms with Gasteiger partial charge in [-0.15, -0.1) is 11.8 Å². The maximum Gasteiger partial charge on any atom is 0.252 e. The van der Waals surface area contributed by atoms with Crippen molar-refractivity contribution in [3.05, 3.63) is 65.9 Å². The Labute approximate surface area is 134 Å². The molecule has 1 aromatic heterocycles. The zero-order valence-electron chi connectivity index (χ0n) is 12.4. The minimum atomic E-state index is -0.00945. The highest BCUT2D eigenvalue weighted by Gasteiger charge is 2.10. The molecule has 0 radical (unpaired) electrons. The van der Waals surface area contributed by atoms with E-state index in [2.05, 4.69) is 22.4 Å². The van der Waals surface area contributed by atoms with Crippen molar-refractivity contribution in [2.45, 2.75) is 11.3 Å². The van der Waals surface area contributed by atoms with Crippen molar-refractivity contribution in [2.75, 3.05) is 12.8 Å². The quantitative estimate of drug-likeness (QED) is 0.703. The standard InChI is InChI=1S/C18H18N2OS/c1-22-17-9-5-3-7-15(17)18(21)19-11-10-13-12-20-16-8-4-2-6-14(13)16/h2-9,12,20H,10-11H2,1H3,(H,19,21). The number of carbonyl (C=O) groups is 1. The summed E-state index contributed by atoms with van der Waals surface area (Å²) in [7, 11) is 0. The normalized spacial score (nSPS) is 10.8. The Kier molecular flexibility index (Phi) is 4.49. The number of hydrogen-bond donors (Lipinski definition) is 2. The van der Waals surface area contributed by atoms with Crippen molar-refractivity contribution in [3.63, 3.8) is 0 Å². The first kappa shape index (κ1) is 14.7. The number of amides is 1. The van der Waals surface area contributed by atoms with Crippen molar-refractivity contribution in [2.24, 2.45) is 0 Å². The van der Waals surface area contributed by atoms with Gasteiger partial charge in [0.2, 0.25) is 0 Å². The van der Waals surface area contributed by atoms with Crippen molar-refractivity contribution < 1.29 is 4.79 Å². The molecule has 22 heavy (non-hydrogen) atoms. The van der Waals surface area contributed by atoms with Gasteiger partial charge in [0, 0.05) is 28.5 Å². The van der Waals surface area contributed by atoms with Crippen LogP contribution in [-0.4, -0.2) is 23.7 Å². The lowest BCUT2D eigenvalue weighted by Crippen LogP contribution is -2.26. The largest absolute Gasteiger partial charge is 0.361 e. The van der Waals surface area contributed by atoms with Gasteiger partial charge < -0.3 is 10.3 Å². The Hall–Kier alpha value is -2.20. The average molecular weight is 310 g/mol. The molecule has 3 nitrogen and oxygen atoms in total. The fraction of sp³-hybridized carbons (Fsp3) is 0.167. The monoisotopic (exact) mass is 310 g/mol. The van der Waals surface area contributed by atoms with Crippen LogP contribution < -0.4 is 5.32 Å². The number of carbonyl (C=O) groups excluding carboxylic acids is 1. The van der Waals surface area contributed by atoms with Gasteiger partial charge in [0.05, 0.1) is 5.56 Å². The van der Waals surface area contributed by atoms with E-state index in [0.717, 1.165) is 22.4 Å². The fourth-order valence-corrected chi connectivity index (χ4v) is 3.17. The van der Waals surface area contributed by atoms with Crippen LogP contribution in [-0.2, 0) is 6.42 Å². The van der Waals surface area contributed by atoms with E-state index in [9.17, 15) is 4.79 Å². The molecule has 2 N–H and O–H groups in total. The molecule has 112 valence electrons. The van der Waals surface area contributed by atoms with E-state index in [4.69, 9.17) is 0 Å². The molecule has 0 saturated heterocycles. The molecule has 3 rings (SSSR count). The van der Waals surface area contributed by atoms with Crippen LogP contribution in [0.3, 0.4) is 0 Å². The second-order valence-electron chi connectivity index (χ2n) is 5.07. The highest BCUT2D eigenvalue weighted by Crippen LogP contribution is 2.20. The number of H-pyrrole nitrogens is 1. The molecule has 2 aromatic carbocycles. The molecule has 0 spiro atoms. The highest BCUT2D eigenvalue weighted by atomic mass is 32.2. The van der Waals surface area contributed by atoms with E-state index in [-0.39, 0.29) is 5.91 Å². The van der Waals surface area contributed by atoms with Crippen molar-refractivity contribution >= 4 is 28.6 Å². The molecule has 0 aliphatic rings. The first-order valence-electron chi connectivity index (χ1n) is 7.26. The third kappa shape index (κ3) is 3.02. The predicted molar refractivity (Wildman–Crippen MR) is 92.6 cm³/mol. The minimum absolute atomic E-state index is 0.00945. The lowest BCUT2D eigenvalue weighted by molar-refractivity contribution is 0.0951. The SMILES string of the molecule is CSc1ccccc1C(=O)NCCc1c[nH]c2ccccc12. The number of para-hydroxylation sites is 1. The van der Waals surface area contributed by atoms with Crippen LogP contribution in [0.25, 0.3) is 10.9 Å². The molecule has 1 heterocycles. The number of rotatable bonds is 5. The first-order chi connectivity index (χ1) is 10.8. The summed E-state index contributed by atoms with van der Waals surface area (Å²) in [6.07, 6.45) is 4.82. The summed E-state index contributed by atoms with van der Waals surface area (Å²) in [4.78, 5) is 16.6. The van der Waals surface area contributed by atoms with E-state index in [0.29, 0.717) is 6.54 Å². The summed E-state index contributed by atoms with van der Waals surface area (Å²) in [5.41, 5.74) is 3.11. The summed E-state index contributed by atoms with van der Waals surface area (Å²) in [5, 5.41) is 4.23. The van der Waals surface area contributed by atoms with E-state index in [1.165, 1.54) is 10.9 Å². The number of benzene rings is 2. The van der Waals surface area contributed by atoms with E-state index in [1.807, 2.05) is 48.9 Å². The molecule has 4 heteroatoms. The van der Waals surface area contributed by atoms with Gasteiger partial charge in [-0.1, -0.05) is 30.3 Å². The van der Waals surface area contributed by atoms with Crippen LogP contribution >= 0.6 is 11.8 Å². The molecule has 0 bridgehead atoms. The van der Waals surface area contributed by atoms with Crippen LogP contribution in [0, 0.1) is 0 Å². The number of nitrogens with one attached hydrogen (secondary N) is 2. The minimum Gasteiger partial charge on any atom is -0.361 e. The maximum atomic E-state index is 12.3. The second kappa shape index (κ2) is 6.71. The van der Waals surface area contributed by atoms with Crippen molar-refractivity contribution in [1.29, 1.82) is 0 Å². The van der Waals surface area contributed by atoms with Crippen LogP contribution in [0.4, 0.5) is 0 Å². The molecule has 0 saturated carbocycles. The molecular weight excluding hydrogens is 292 g/mol. The number of aromatic amines is 1. The Morgan fingerprint density at radius 2 is 1.91 bits per heavy atom. The molecule has 0 unspecified atom stereocenters. The van der Waals surface area contributed by atoms with E-state index < -0.39 is 0 Å². The molecule has 1 amide bonds. The molecular formula is C18H18N2OS.